The van der Waals surface area contributed by atoms with Gasteiger partial charge in [-0.15, -0.1) is 0 Å². The van der Waals surface area contributed by atoms with E-state index in [2.05, 4.69) is 41.1 Å². The molecule has 2 aliphatic rings. The molecule has 1 radical (unpaired) electrons. The Hall–Kier alpha value is -2.15. The molecule has 1 aromatic heterocycles. The van der Waals surface area contributed by atoms with E-state index >= 15 is 0 Å². The van der Waals surface area contributed by atoms with E-state index < -0.39 is 0 Å². The standard InChI is InChI=1S/C23H24ClN4OS/c1-14-11-12-27(22(14)23-25-18-9-6-8-17(24)21(18)26-23)28-13-20(30-15(28)2)16-7-4-5-10-19(16)29-3/h4-10,14-15,22H,11-12H2,1-3H3,(H,25,26)/t14-,15?,22-/m0/s1. The van der Waals surface area contributed by atoms with Crippen molar-refractivity contribution in [1.82, 2.24) is 20.0 Å². The first kappa shape index (κ1) is 19.8. The number of thioether (sulfide) groups is 1. The molecule has 3 atom stereocenters. The van der Waals surface area contributed by atoms with Crippen LogP contribution in [0, 0.1) is 12.1 Å². The Kier molecular flexibility index (Phi) is 5.17. The number of hydrazine groups is 1. The normalized spacial score (nSPS) is 24.6. The summed E-state index contributed by atoms with van der Waals surface area (Å²) in [6, 6.07) is 14.2. The maximum absolute atomic E-state index is 6.38. The highest BCUT2D eigenvalue weighted by molar-refractivity contribution is 8.09. The second kappa shape index (κ2) is 7.84. The van der Waals surface area contributed by atoms with E-state index in [0.717, 1.165) is 46.0 Å². The highest BCUT2D eigenvalue weighted by atomic mass is 35.5. The van der Waals surface area contributed by atoms with Crippen LogP contribution in [0.5, 0.6) is 5.75 Å². The summed E-state index contributed by atoms with van der Waals surface area (Å²) in [5.74, 6) is 2.31. The van der Waals surface area contributed by atoms with Gasteiger partial charge in [0, 0.05) is 17.0 Å². The van der Waals surface area contributed by atoms with Gasteiger partial charge in [0.05, 0.1) is 35.3 Å². The predicted molar refractivity (Wildman–Crippen MR) is 123 cm³/mol. The zero-order chi connectivity index (χ0) is 20.8. The van der Waals surface area contributed by atoms with Crippen LogP contribution < -0.4 is 4.74 Å². The van der Waals surface area contributed by atoms with E-state index in [9.17, 15) is 0 Å². The van der Waals surface area contributed by atoms with Crippen molar-refractivity contribution in [2.24, 2.45) is 5.92 Å². The van der Waals surface area contributed by atoms with Crippen LogP contribution in [0.15, 0.2) is 42.5 Å². The second-order valence-corrected chi connectivity index (χ2v) is 9.57. The quantitative estimate of drug-likeness (QED) is 0.563. The number of nitrogens with one attached hydrogen (secondary N) is 1. The number of benzene rings is 2. The summed E-state index contributed by atoms with van der Waals surface area (Å²) in [6.45, 7) is 5.47. The molecule has 7 heteroatoms. The van der Waals surface area contributed by atoms with Gasteiger partial charge in [-0.3, -0.25) is 5.01 Å². The van der Waals surface area contributed by atoms with Gasteiger partial charge in [0.15, 0.2) is 0 Å². The van der Waals surface area contributed by atoms with Crippen molar-refractivity contribution in [3.63, 3.8) is 0 Å². The van der Waals surface area contributed by atoms with E-state index in [0.29, 0.717) is 10.9 Å². The number of para-hydroxylation sites is 2. The summed E-state index contributed by atoms with van der Waals surface area (Å²) < 4.78 is 5.57. The number of hydrogen-bond donors (Lipinski definition) is 1. The number of aromatic amines is 1. The molecule has 0 spiro atoms. The van der Waals surface area contributed by atoms with E-state index in [4.69, 9.17) is 21.3 Å². The minimum atomic E-state index is 0.154. The lowest BCUT2D eigenvalue weighted by Crippen LogP contribution is -2.42. The fourth-order valence-electron chi connectivity index (χ4n) is 4.41. The van der Waals surface area contributed by atoms with Gasteiger partial charge in [0.1, 0.15) is 17.1 Å². The van der Waals surface area contributed by atoms with Crippen molar-refractivity contribution < 1.29 is 4.74 Å². The summed E-state index contributed by atoms with van der Waals surface area (Å²) >= 11 is 8.19. The molecule has 30 heavy (non-hydrogen) atoms. The van der Waals surface area contributed by atoms with Gasteiger partial charge in [-0.1, -0.05) is 54.6 Å². The van der Waals surface area contributed by atoms with E-state index in [1.54, 1.807) is 7.11 Å². The highest BCUT2D eigenvalue weighted by Gasteiger charge is 2.41. The third kappa shape index (κ3) is 3.27. The summed E-state index contributed by atoms with van der Waals surface area (Å²) in [6.07, 6.45) is 4.74. The van der Waals surface area contributed by atoms with E-state index in [1.807, 2.05) is 48.2 Å². The summed E-state index contributed by atoms with van der Waals surface area (Å²) in [5, 5.41) is 5.57. The Labute approximate surface area is 186 Å². The topological polar surface area (TPSA) is 44.4 Å². The van der Waals surface area contributed by atoms with Crippen LogP contribution in [0.2, 0.25) is 5.02 Å². The summed E-state index contributed by atoms with van der Waals surface area (Å²) in [7, 11) is 1.71. The van der Waals surface area contributed by atoms with E-state index in [-0.39, 0.29) is 11.4 Å². The molecule has 3 aromatic rings. The van der Waals surface area contributed by atoms with Crippen molar-refractivity contribution in [3.8, 4) is 5.75 Å². The molecule has 1 unspecified atom stereocenters. The Morgan fingerprint density at radius 3 is 2.83 bits per heavy atom. The first-order valence-electron chi connectivity index (χ1n) is 10.2. The molecule has 5 rings (SSSR count). The zero-order valence-electron chi connectivity index (χ0n) is 17.2. The monoisotopic (exact) mass is 439 g/mol. The molecular formula is C23H24ClN4OS. The molecular weight excluding hydrogens is 416 g/mol. The minimum Gasteiger partial charge on any atom is -0.496 e. The number of fused-ring (bicyclic) bond motifs is 1. The molecule has 1 N–H and O–H groups in total. The van der Waals surface area contributed by atoms with E-state index in [1.165, 1.54) is 0 Å². The number of halogens is 1. The lowest BCUT2D eigenvalue weighted by atomic mass is 10.0. The maximum atomic E-state index is 6.38. The Balaban J connectivity index is 1.50. The van der Waals surface area contributed by atoms with Crippen LogP contribution in [0.3, 0.4) is 0 Å². The number of ether oxygens (including phenoxy) is 1. The van der Waals surface area contributed by atoms with Crippen LogP contribution in [-0.4, -0.2) is 39.0 Å². The molecule has 0 amide bonds. The summed E-state index contributed by atoms with van der Waals surface area (Å²) in [4.78, 5) is 9.49. The second-order valence-electron chi connectivity index (χ2n) is 7.83. The number of nitrogens with zero attached hydrogens (tertiary/aromatic N) is 3. The predicted octanol–water partition coefficient (Wildman–Crippen LogP) is 5.72. The lowest BCUT2D eigenvalue weighted by molar-refractivity contribution is -0.0128. The number of methoxy groups -OCH3 is 1. The number of imidazole rings is 1. The Bertz CT molecular complexity index is 1110. The van der Waals surface area contributed by atoms with Crippen LogP contribution in [0.1, 0.15) is 37.7 Å². The molecule has 3 heterocycles. The van der Waals surface area contributed by atoms with Crippen LogP contribution in [0.25, 0.3) is 15.9 Å². The fraction of sp³-hybridized carbons (Fsp3) is 0.348. The number of aromatic nitrogens is 2. The number of hydrogen-bond acceptors (Lipinski definition) is 5. The molecule has 1 fully saturated rings. The maximum Gasteiger partial charge on any atom is 0.127 e. The molecule has 1 saturated heterocycles. The van der Waals surface area contributed by atoms with Gasteiger partial charge in [0.2, 0.25) is 0 Å². The van der Waals surface area contributed by atoms with Crippen molar-refractivity contribution in [2.45, 2.75) is 31.7 Å². The first-order valence-corrected chi connectivity index (χ1v) is 11.5. The van der Waals surface area contributed by atoms with Gasteiger partial charge in [-0.25, -0.2) is 9.99 Å². The van der Waals surface area contributed by atoms with Gasteiger partial charge >= 0.3 is 0 Å². The Morgan fingerprint density at radius 1 is 1.20 bits per heavy atom. The largest absolute Gasteiger partial charge is 0.496 e. The minimum absolute atomic E-state index is 0.154. The van der Waals surface area contributed by atoms with Gasteiger partial charge in [-0.05, 0) is 37.5 Å². The highest BCUT2D eigenvalue weighted by Crippen LogP contribution is 2.46. The van der Waals surface area contributed by atoms with Gasteiger partial charge in [-0.2, -0.15) is 0 Å². The fourth-order valence-corrected chi connectivity index (χ4v) is 5.68. The molecule has 155 valence electrons. The number of H-pyrrole nitrogens is 1. The molecule has 0 bridgehead atoms. The zero-order valence-corrected chi connectivity index (χ0v) is 18.8. The average molecular weight is 440 g/mol. The molecule has 5 nitrogen and oxygen atoms in total. The third-order valence-corrected chi connectivity index (χ3v) is 7.31. The van der Waals surface area contributed by atoms with Gasteiger partial charge < -0.3 is 9.72 Å². The van der Waals surface area contributed by atoms with Crippen molar-refractivity contribution >= 4 is 39.3 Å². The molecule has 0 aliphatic carbocycles. The van der Waals surface area contributed by atoms with Crippen molar-refractivity contribution in [3.05, 3.63) is 65.1 Å². The smallest absolute Gasteiger partial charge is 0.127 e. The first-order chi connectivity index (χ1) is 14.6. The molecule has 2 aromatic carbocycles. The Morgan fingerprint density at radius 2 is 2.03 bits per heavy atom. The summed E-state index contributed by atoms with van der Waals surface area (Å²) in [5.41, 5.74) is 2.90. The van der Waals surface area contributed by atoms with Gasteiger partial charge in [0.25, 0.3) is 0 Å². The molecule has 2 aliphatic heterocycles. The van der Waals surface area contributed by atoms with Crippen LogP contribution in [-0.2, 0) is 0 Å². The molecule has 0 saturated carbocycles. The average Bonchev–Trinajstić information content (AvgIpc) is 3.44. The van der Waals surface area contributed by atoms with Crippen LogP contribution >= 0.6 is 23.4 Å². The van der Waals surface area contributed by atoms with Crippen molar-refractivity contribution in [2.75, 3.05) is 13.7 Å². The van der Waals surface area contributed by atoms with Crippen LogP contribution in [0.4, 0.5) is 0 Å². The van der Waals surface area contributed by atoms with Crippen molar-refractivity contribution in [1.29, 1.82) is 0 Å². The lowest BCUT2D eigenvalue weighted by Gasteiger charge is -2.35. The SMILES string of the molecule is COc1ccccc1C1=[C]N(N2CC[C@H](C)[C@H]2c2nc3c(Cl)cccc3[nH]2)C(C)S1. The number of rotatable bonds is 4. The third-order valence-electron chi connectivity index (χ3n) is 5.91.